The summed E-state index contributed by atoms with van der Waals surface area (Å²) in [5.41, 5.74) is 1.20. The van der Waals surface area contributed by atoms with Crippen LogP contribution in [0, 0.1) is 16.0 Å². The third-order valence-corrected chi connectivity index (χ3v) is 4.31. The summed E-state index contributed by atoms with van der Waals surface area (Å²) in [7, 11) is 0. The predicted molar refractivity (Wildman–Crippen MR) is 99.3 cm³/mol. The minimum atomic E-state index is -0.735. The van der Waals surface area contributed by atoms with Crippen LogP contribution >= 0.6 is 0 Å². The van der Waals surface area contributed by atoms with Crippen molar-refractivity contribution < 1.29 is 14.1 Å². The second kappa shape index (κ2) is 7.45. The molecule has 0 saturated heterocycles. The first-order chi connectivity index (χ1) is 12.9. The van der Waals surface area contributed by atoms with Gasteiger partial charge in [0.1, 0.15) is 6.54 Å². The van der Waals surface area contributed by atoms with Crippen LogP contribution < -0.4 is 11.1 Å². The first kappa shape index (κ1) is 18.4. The molecule has 140 valence electrons. The van der Waals surface area contributed by atoms with Gasteiger partial charge in [-0.3, -0.25) is 19.5 Å². The highest BCUT2D eigenvalue weighted by molar-refractivity contribution is 5.80. The van der Waals surface area contributed by atoms with Gasteiger partial charge in [-0.05, 0) is 17.5 Å². The lowest BCUT2D eigenvalue weighted by molar-refractivity contribution is -0.384. The number of nitrogens with zero attached hydrogens (tertiary/aromatic N) is 2. The van der Waals surface area contributed by atoms with Gasteiger partial charge in [0.25, 0.3) is 5.69 Å². The molecule has 1 amide bonds. The van der Waals surface area contributed by atoms with E-state index in [4.69, 9.17) is 4.42 Å². The highest BCUT2D eigenvalue weighted by Crippen LogP contribution is 2.22. The smallest absolute Gasteiger partial charge is 0.407 e. The van der Waals surface area contributed by atoms with Crippen LogP contribution in [0.1, 0.15) is 25.5 Å². The third-order valence-electron chi connectivity index (χ3n) is 4.31. The highest BCUT2D eigenvalue weighted by Gasteiger charge is 2.20. The summed E-state index contributed by atoms with van der Waals surface area (Å²) in [6.07, 6.45) is 0. The van der Waals surface area contributed by atoms with Crippen molar-refractivity contribution in [1.82, 2.24) is 9.88 Å². The van der Waals surface area contributed by atoms with Gasteiger partial charge in [0.15, 0.2) is 5.58 Å². The van der Waals surface area contributed by atoms with Crippen LogP contribution in [0.3, 0.4) is 0 Å². The number of benzene rings is 2. The maximum absolute atomic E-state index is 12.5. The standard InChI is InChI=1S/C19H19N3O5/c1-12(2)18(13-6-4-3-5-7-13)20-17(23)11-21-15-9-8-14(22(25)26)10-16(15)27-19(21)24/h3-10,12,18H,11H2,1-2H3,(H,20,23). The Morgan fingerprint density at radius 2 is 1.93 bits per heavy atom. The van der Waals surface area contributed by atoms with Gasteiger partial charge in [0.2, 0.25) is 5.91 Å². The molecule has 0 aliphatic heterocycles. The normalized spacial score (nSPS) is 12.3. The number of hydrogen-bond donors (Lipinski definition) is 1. The Morgan fingerprint density at radius 3 is 2.56 bits per heavy atom. The monoisotopic (exact) mass is 369 g/mol. The van der Waals surface area contributed by atoms with Gasteiger partial charge in [0.05, 0.1) is 22.5 Å². The molecule has 0 fully saturated rings. The molecule has 8 heteroatoms. The summed E-state index contributed by atoms with van der Waals surface area (Å²) < 4.78 is 6.21. The van der Waals surface area contributed by atoms with Crippen LogP contribution in [0.15, 0.2) is 57.7 Å². The zero-order valence-corrected chi connectivity index (χ0v) is 14.9. The fraction of sp³-hybridized carbons (Fsp3) is 0.263. The second-order valence-corrected chi connectivity index (χ2v) is 6.56. The summed E-state index contributed by atoms with van der Waals surface area (Å²) in [6, 6.07) is 13.2. The number of nitro benzene ring substituents is 1. The minimum absolute atomic E-state index is 0.0745. The van der Waals surface area contributed by atoms with Crippen molar-refractivity contribution >= 4 is 22.7 Å². The molecule has 1 atom stereocenters. The molecule has 2 aromatic carbocycles. The molecule has 0 aliphatic carbocycles. The first-order valence-electron chi connectivity index (χ1n) is 8.49. The number of non-ortho nitro benzene ring substituents is 1. The fourth-order valence-corrected chi connectivity index (χ4v) is 2.98. The Hall–Kier alpha value is -3.42. The van der Waals surface area contributed by atoms with E-state index in [1.807, 2.05) is 44.2 Å². The van der Waals surface area contributed by atoms with Crippen molar-refractivity contribution in [2.45, 2.75) is 26.4 Å². The van der Waals surface area contributed by atoms with Crippen LogP contribution in [0.25, 0.3) is 11.1 Å². The largest absolute Gasteiger partial charge is 0.420 e. The molecule has 0 bridgehead atoms. The van der Waals surface area contributed by atoms with Gasteiger partial charge in [0, 0.05) is 6.07 Å². The van der Waals surface area contributed by atoms with Crippen molar-refractivity contribution in [3.8, 4) is 0 Å². The van der Waals surface area contributed by atoms with Crippen molar-refractivity contribution in [3.63, 3.8) is 0 Å². The Kier molecular flexibility index (Phi) is 5.07. The number of rotatable bonds is 6. The third kappa shape index (κ3) is 3.89. The Labute approximate surface area is 154 Å². The maximum Gasteiger partial charge on any atom is 0.420 e. The summed E-state index contributed by atoms with van der Waals surface area (Å²) in [6.45, 7) is 3.76. The molecule has 1 aromatic heterocycles. The molecule has 1 heterocycles. The Balaban J connectivity index is 1.84. The molecule has 0 aliphatic rings. The molecule has 1 unspecified atom stereocenters. The van der Waals surface area contributed by atoms with Gasteiger partial charge in [-0.1, -0.05) is 44.2 Å². The van der Waals surface area contributed by atoms with Crippen molar-refractivity contribution in [2.75, 3.05) is 0 Å². The zero-order chi connectivity index (χ0) is 19.6. The number of oxazole rings is 1. The van der Waals surface area contributed by atoms with E-state index >= 15 is 0 Å². The van der Waals surface area contributed by atoms with Crippen LogP contribution in [-0.2, 0) is 11.3 Å². The molecule has 0 spiro atoms. The van der Waals surface area contributed by atoms with E-state index in [-0.39, 0.29) is 35.7 Å². The van der Waals surface area contributed by atoms with Crippen molar-refractivity contribution in [2.24, 2.45) is 5.92 Å². The number of aromatic nitrogens is 1. The molecular weight excluding hydrogens is 350 g/mol. The zero-order valence-electron chi connectivity index (χ0n) is 14.9. The molecule has 0 radical (unpaired) electrons. The van der Waals surface area contributed by atoms with E-state index < -0.39 is 10.7 Å². The number of amides is 1. The molecule has 3 rings (SSSR count). The Morgan fingerprint density at radius 1 is 1.22 bits per heavy atom. The van der Waals surface area contributed by atoms with Crippen LogP contribution in [-0.4, -0.2) is 15.4 Å². The molecule has 27 heavy (non-hydrogen) atoms. The van der Waals surface area contributed by atoms with E-state index in [0.29, 0.717) is 5.52 Å². The van der Waals surface area contributed by atoms with E-state index in [0.717, 1.165) is 10.1 Å². The predicted octanol–water partition coefficient (Wildman–Crippen LogP) is 3.02. The summed E-state index contributed by atoms with van der Waals surface area (Å²) in [5, 5.41) is 13.8. The molecule has 0 saturated carbocycles. The van der Waals surface area contributed by atoms with Gasteiger partial charge < -0.3 is 9.73 Å². The van der Waals surface area contributed by atoms with Gasteiger partial charge in [-0.25, -0.2) is 4.79 Å². The quantitative estimate of drug-likeness (QED) is 0.531. The number of hydrogen-bond acceptors (Lipinski definition) is 5. The van der Waals surface area contributed by atoms with E-state index in [2.05, 4.69) is 5.32 Å². The molecule has 8 nitrogen and oxygen atoms in total. The summed E-state index contributed by atoms with van der Waals surface area (Å²) in [5.74, 6) is -0.932. The number of fused-ring (bicyclic) bond motifs is 1. The van der Waals surface area contributed by atoms with Crippen molar-refractivity contribution in [3.05, 3.63) is 74.8 Å². The number of carbonyl (C=O) groups is 1. The fourth-order valence-electron chi connectivity index (χ4n) is 2.98. The minimum Gasteiger partial charge on any atom is -0.407 e. The van der Waals surface area contributed by atoms with Gasteiger partial charge in [-0.2, -0.15) is 0 Å². The van der Waals surface area contributed by atoms with Gasteiger partial charge >= 0.3 is 5.76 Å². The van der Waals surface area contributed by atoms with Crippen LogP contribution in [0.2, 0.25) is 0 Å². The first-order valence-corrected chi connectivity index (χ1v) is 8.49. The second-order valence-electron chi connectivity index (χ2n) is 6.56. The topological polar surface area (TPSA) is 107 Å². The maximum atomic E-state index is 12.5. The van der Waals surface area contributed by atoms with E-state index in [1.165, 1.54) is 18.2 Å². The van der Waals surface area contributed by atoms with Crippen LogP contribution in [0.4, 0.5) is 5.69 Å². The highest BCUT2D eigenvalue weighted by atomic mass is 16.6. The number of carbonyl (C=O) groups excluding carboxylic acids is 1. The number of nitrogens with one attached hydrogen (secondary N) is 1. The average molecular weight is 369 g/mol. The summed E-state index contributed by atoms with van der Waals surface area (Å²) in [4.78, 5) is 34.9. The van der Waals surface area contributed by atoms with Crippen molar-refractivity contribution in [1.29, 1.82) is 0 Å². The molecule has 1 N–H and O–H groups in total. The lowest BCUT2D eigenvalue weighted by Gasteiger charge is -2.23. The lowest BCUT2D eigenvalue weighted by Crippen LogP contribution is -2.35. The Bertz CT molecular complexity index is 1040. The van der Waals surface area contributed by atoms with E-state index in [1.54, 1.807) is 0 Å². The van der Waals surface area contributed by atoms with E-state index in [9.17, 15) is 19.7 Å². The van der Waals surface area contributed by atoms with Gasteiger partial charge in [-0.15, -0.1) is 0 Å². The summed E-state index contributed by atoms with van der Waals surface area (Å²) >= 11 is 0. The molecular formula is C19H19N3O5. The van der Waals surface area contributed by atoms with Crippen LogP contribution in [0.5, 0.6) is 0 Å². The lowest BCUT2D eigenvalue weighted by atomic mass is 9.96. The number of nitro groups is 1. The molecule has 3 aromatic rings. The SMILES string of the molecule is CC(C)C(NC(=O)Cn1c(=O)oc2cc([N+](=O)[O-])ccc21)c1ccccc1. The average Bonchev–Trinajstić information content (AvgIpc) is 2.94.